The molecule has 0 saturated carbocycles. The maximum atomic E-state index is 13.0. The first-order valence-electron chi connectivity index (χ1n) is 7.45. The van der Waals surface area contributed by atoms with Crippen molar-refractivity contribution >= 4 is 9.76 Å². The minimum Gasteiger partial charge on any atom is -0.379 e. The normalized spacial score (nSPS) is 11.9. The van der Waals surface area contributed by atoms with E-state index < -0.39 is 27.9 Å². The van der Waals surface area contributed by atoms with Crippen molar-refractivity contribution in [1.82, 2.24) is 0 Å². The van der Waals surface area contributed by atoms with E-state index in [-0.39, 0.29) is 0 Å². The van der Waals surface area contributed by atoms with Gasteiger partial charge in [0.25, 0.3) is 6.48 Å². The molecule has 0 saturated heterocycles. The maximum Gasteiger partial charge on any atom is 0.261 e. The lowest BCUT2D eigenvalue weighted by Crippen LogP contribution is -2.22. The lowest BCUT2D eigenvalue weighted by molar-refractivity contribution is -0.243. The summed E-state index contributed by atoms with van der Waals surface area (Å²) in [5.41, 5.74) is 0.705. The van der Waals surface area contributed by atoms with E-state index in [4.69, 9.17) is 13.9 Å². The summed E-state index contributed by atoms with van der Waals surface area (Å²) in [6.07, 6.45) is 2.56. The fourth-order valence-electron chi connectivity index (χ4n) is 1.96. The molecule has 0 fully saturated rings. The smallest absolute Gasteiger partial charge is 0.261 e. The van der Waals surface area contributed by atoms with Crippen LogP contribution in [0.4, 0.5) is 8.78 Å². The van der Waals surface area contributed by atoms with Crippen molar-refractivity contribution in [2.75, 3.05) is 13.2 Å². The summed E-state index contributed by atoms with van der Waals surface area (Å²) < 4.78 is 42.2. The summed E-state index contributed by atoms with van der Waals surface area (Å²) in [5.74, 6) is -1.03. The monoisotopic (exact) mass is 318 g/mol. The second-order valence-corrected chi connectivity index (χ2v) is 6.11. The molecule has 0 radical (unpaired) electrons. The molecule has 21 heavy (non-hydrogen) atoms. The van der Waals surface area contributed by atoms with Crippen molar-refractivity contribution in [3.63, 3.8) is 0 Å². The predicted octanol–water partition coefficient (Wildman–Crippen LogP) is 3.16. The zero-order valence-corrected chi connectivity index (χ0v) is 14.2. The van der Waals surface area contributed by atoms with Gasteiger partial charge >= 0.3 is 0 Å². The Morgan fingerprint density at radius 1 is 1.00 bits per heavy atom. The van der Waals surface area contributed by atoms with Crippen LogP contribution in [-0.4, -0.2) is 29.5 Å². The fraction of sp³-hybridized carbons (Fsp3) is 0.600. The standard InChI is InChI=1S/C15H24F2O3Si/c1-3-18-15(19-4-2)20-21-8-6-5-7-12-9-13(16)11-14(17)10-12/h9-11,15H,3-8,21H2,1-2H3. The van der Waals surface area contributed by atoms with Crippen LogP contribution >= 0.6 is 0 Å². The second kappa shape index (κ2) is 10.8. The Morgan fingerprint density at radius 3 is 2.19 bits per heavy atom. The van der Waals surface area contributed by atoms with E-state index in [0.717, 1.165) is 25.0 Å². The molecule has 6 heteroatoms. The van der Waals surface area contributed by atoms with Crippen molar-refractivity contribution in [3.05, 3.63) is 35.4 Å². The van der Waals surface area contributed by atoms with Gasteiger partial charge in [0.2, 0.25) is 0 Å². The van der Waals surface area contributed by atoms with E-state index in [1.165, 1.54) is 12.1 Å². The van der Waals surface area contributed by atoms with E-state index >= 15 is 0 Å². The highest BCUT2D eigenvalue weighted by atomic mass is 28.2. The first kappa shape index (κ1) is 18.2. The first-order valence-corrected chi connectivity index (χ1v) is 9.03. The molecular formula is C15H24F2O3Si. The van der Waals surface area contributed by atoms with Crippen molar-refractivity contribution < 1.29 is 22.7 Å². The Labute approximate surface area is 127 Å². The van der Waals surface area contributed by atoms with Crippen molar-refractivity contribution in [2.45, 2.75) is 45.6 Å². The molecule has 1 aromatic carbocycles. The number of benzene rings is 1. The number of hydrogen-bond acceptors (Lipinski definition) is 3. The number of unbranched alkanes of at least 4 members (excludes halogenated alkanes) is 1. The molecule has 3 nitrogen and oxygen atoms in total. The molecule has 0 aromatic heterocycles. The van der Waals surface area contributed by atoms with Crippen LogP contribution in [0, 0.1) is 11.6 Å². The van der Waals surface area contributed by atoms with Gasteiger partial charge in [0.15, 0.2) is 9.76 Å². The Kier molecular flexibility index (Phi) is 9.41. The van der Waals surface area contributed by atoms with Crippen LogP contribution in [0.2, 0.25) is 6.04 Å². The van der Waals surface area contributed by atoms with Crippen LogP contribution in [0.15, 0.2) is 18.2 Å². The van der Waals surface area contributed by atoms with Gasteiger partial charge in [-0.25, -0.2) is 8.78 Å². The molecule has 1 aromatic rings. The molecule has 1 rings (SSSR count). The fourth-order valence-corrected chi connectivity index (χ4v) is 3.07. The largest absolute Gasteiger partial charge is 0.379 e. The van der Waals surface area contributed by atoms with Gasteiger partial charge in [0.05, 0.1) is 0 Å². The minimum absolute atomic E-state index is 0.515. The molecule has 0 bridgehead atoms. The summed E-state index contributed by atoms with van der Waals surface area (Å²) in [6, 6.07) is 4.66. The maximum absolute atomic E-state index is 13.0. The van der Waals surface area contributed by atoms with Crippen LogP contribution in [0.1, 0.15) is 32.3 Å². The highest BCUT2D eigenvalue weighted by Crippen LogP contribution is 2.12. The number of halogens is 2. The Morgan fingerprint density at radius 2 is 1.62 bits per heavy atom. The molecule has 0 atom stereocenters. The third kappa shape index (κ3) is 8.26. The zero-order valence-electron chi connectivity index (χ0n) is 12.7. The van der Waals surface area contributed by atoms with Gasteiger partial charge in [-0.05, 0) is 50.4 Å². The average Bonchev–Trinajstić information content (AvgIpc) is 2.42. The van der Waals surface area contributed by atoms with Crippen molar-refractivity contribution in [1.29, 1.82) is 0 Å². The van der Waals surface area contributed by atoms with E-state index in [2.05, 4.69) is 0 Å². The summed E-state index contributed by atoms with van der Waals surface area (Å²) >= 11 is 0. The minimum atomic E-state index is -0.691. The molecule has 0 N–H and O–H groups in total. The van der Waals surface area contributed by atoms with Gasteiger partial charge < -0.3 is 13.9 Å². The molecule has 120 valence electrons. The third-order valence-corrected chi connectivity index (χ3v) is 4.19. The number of ether oxygens (including phenoxy) is 2. The van der Waals surface area contributed by atoms with Crippen LogP contribution in [-0.2, 0) is 20.3 Å². The van der Waals surface area contributed by atoms with Gasteiger partial charge in [-0.2, -0.15) is 0 Å². The number of aryl methyl sites for hydroxylation is 1. The van der Waals surface area contributed by atoms with Crippen LogP contribution in [0.3, 0.4) is 0 Å². The van der Waals surface area contributed by atoms with Crippen molar-refractivity contribution in [3.8, 4) is 0 Å². The van der Waals surface area contributed by atoms with E-state index in [1.807, 2.05) is 13.8 Å². The SMILES string of the molecule is CCOC(OCC)O[SiH2]CCCCc1cc(F)cc(F)c1. The van der Waals surface area contributed by atoms with E-state index in [9.17, 15) is 8.78 Å². The number of rotatable bonds is 11. The Balaban J connectivity index is 2.13. The quantitative estimate of drug-likeness (QED) is 0.356. The van der Waals surface area contributed by atoms with Gasteiger partial charge in [-0.15, -0.1) is 0 Å². The summed E-state index contributed by atoms with van der Waals surface area (Å²) in [5, 5.41) is 0. The van der Waals surface area contributed by atoms with Gasteiger partial charge in [0, 0.05) is 19.3 Å². The molecule has 0 aliphatic heterocycles. The Bertz CT molecular complexity index is 378. The lowest BCUT2D eigenvalue weighted by Gasteiger charge is -2.17. The summed E-state index contributed by atoms with van der Waals surface area (Å²) in [4.78, 5) is 0. The Hall–Kier alpha value is -0.823. The molecular weight excluding hydrogens is 294 g/mol. The van der Waals surface area contributed by atoms with Gasteiger partial charge in [-0.1, -0.05) is 6.42 Å². The van der Waals surface area contributed by atoms with Crippen LogP contribution in [0.25, 0.3) is 0 Å². The number of hydrogen-bond donors (Lipinski definition) is 0. The predicted molar refractivity (Wildman–Crippen MR) is 80.8 cm³/mol. The molecule has 0 aliphatic carbocycles. The molecule has 0 spiro atoms. The lowest BCUT2D eigenvalue weighted by atomic mass is 10.1. The molecule has 0 amide bonds. The summed E-state index contributed by atoms with van der Waals surface area (Å²) in [6.45, 7) is 4.38. The van der Waals surface area contributed by atoms with E-state index in [1.54, 1.807) is 0 Å². The summed E-state index contributed by atoms with van der Waals surface area (Å²) in [7, 11) is -0.691. The van der Waals surface area contributed by atoms with Crippen LogP contribution < -0.4 is 0 Å². The van der Waals surface area contributed by atoms with E-state index in [0.29, 0.717) is 25.2 Å². The second-order valence-electron chi connectivity index (χ2n) is 4.66. The zero-order chi connectivity index (χ0) is 15.5. The van der Waals surface area contributed by atoms with Gasteiger partial charge in [-0.3, -0.25) is 0 Å². The van der Waals surface area contributed by atoms with Crippen LogP contribution in [0.5, 0.6) is 0 Å². The third-order valence-electron chi connectivity index (χ3n) is 2.89. The molecule has 0 unspecified atom stereocenters. The molecule has 0 heterocycles. The first-order chi connectivity index (χ1) is 10.2. The van der Waals surface area contributed by atoms with Crippen molar-refractivity contribution in [2.24, 2.45) is 0 Å². The van der Waals surface area contributed by atoms with Gasteiger partial charge in [0.1, 0.15) is 11.6 Å². The highest BCUT2D eigenvalue weighted by Gasteiger charge is 2.07. The molecule has 0 aliphatic rings. The highest BCUT2D eigenvalue weighted by molar-refractivity contribution is 6.27. The topological polar surface area (TPSA) is 27.7 Å². The average molecular weight is 318 g/mol.